The van der Waals surface area contributed by atoms with Gasteiger partial charge in [0.2, 0.25) is 0 Å². The number of ketones is 1. The Morgan fingerprint density at radius 2 is 2.00 bits per heavy atom. The topological polar surface area (TPSA) is 42.4 Å². The van der Waals surface area contributed by atoms with Gasteiger partial charge in [-0.3, -0.25) is 4.79 Å². The molecule has 0 fully saturated rings. The average molecular weight is 331 g/mol. The Bertz CT molecular complexity index is 712. The van der Waals surface area contributed by atoms with Crippen LogP contribution in [-0.2, 0) is 6.61 Å². The Morgan fingerprint density at radius 3 is 2.65 bits per heavy atom. The maximum absolute atomic E-state index is 12.4. The van der Waals surface area contributed by atoms with E-state index in [1.165, 1.54) is 6.08 Å². The van der Waals surface area contributed by atoms with Gasteiger partial charge in [0.1, 0.15) is 23.1 Å². The lowest BCUT2D eigenvalue weighted by atomic mass is 10.1. The maximum Gasteiger partial charge on any atom is 0.194 e. The highest BCUT2D eigenvalue weighted by Gasteiger charge is 2.17. The van der Waals surface area contributed by atoms with E-state index in [9.17, 15) is 4.79 Å². The van der Waals surface area contributed by atoms with Gasteiger partial charge >= 0.3 is 0 Å². The molecule has 0 aliphatic heterocycles. The summed E-state index contributed by atoms with van der Waals surface area (Å²) >= 11 is 6.17. The molecule has 0 saturated heterocycles. The highest BCUT2D eigenvalue weighted by molar-refractivity contribution is 6.33. The summed E-state index contributed by atoms with van der Waals surface area (Å²) in [5.74, 6) is 0.207. The van der Waals surface area contributed by atoms with Crippen molar-refractivity contribution in [3.63, 3.8) is 0 Å². The normalized spacial score (nSPS) is 10.8. The number of carbonyl (C=O) groups excluding carboxylic acids is 1. The summed E-state index contributed by atoms with van der Waals surface area (Å²) in [6.07, 6.45) is 3.12. The maximum atomic E-state index is 12.4. The van der Waals surface area contributed by atoms with Crippen LogP contribution in [0, 0.1) is 6.92 Å². The van der Waals surface area contributed by atoms with Crippen LogP contribution in [0.4, 0.5) is 0 Å². The number of hydrogen-bond donors (Lipinski definition) is 0. The van der Waals surface area contributed by atoms with Gasteiger partial charge in [-0.2, -0.15) is 0 Å². The number of allylic oxidation sites excluding steroid dienone is 1. The zero-order chi connectivity index (χ0) is 16.8. The standard InChI is InChI=1S/C18H19ClN2O2/c1-13-11-16(23-12-14-7-5-4-6-8-14)17(18(19)20-13)15(22)9-10-21(2)3/h4-11H,12H2,1-3H3/b10-9+. The van der Waals surface area contributed by atoms with Gasteiger partial charge in [0, 0.05) is 38.1 Å². The van der Waals surface area contributed by atoms with E-state index in [-0.39, 0.29) is 16.5 Å². The number of nitrogens with zero attached hydrogens (tertiary/aromatic N) is 2. The summed E-state index contributed by atoms with van der Waals surface area (Å²) < 4.78 is 5.82. The number of hydrogen-bond acceptors (Lipinski definition) is 4. The lowest BCUT2D eigenvalue weighted by Gasteiger charge is -2.12. The second-order valence-electron chi connectivity index (χ2n) is 5.35. The number of carbonyl (C=O) groups is 1. The molecule has 4 nitrogen and oxygen atoms in total. The van der Waals surface area contributed by atoms with E-state index in [0.29, 0.717) is 18.1 Å². The van der Waals surface area contributed by atoms with E-state index in [1.54, 1.807) is 17.2 Å². The van der Waals surface area contributed by atoms with Gasteiger partial charge in [0.25, 0.3) is 0 Å². The first-order valence-corrected chi connectivity index (χ1v) is 7.58. The van der Waals surface area contributed by atoms with E-state index < -0.39 is 0 Å². The first-order valence-electron chi connectivity index (χ1n) is 7.20. The van der Waals surface area contributed by atoms with Crippen LogP contribution in [0.2, 0.25) is 5.15 Å². The Labute approximate surface area is 141 Å². The van der Waals surface area contributed by atoms with Crippen LogP contribution in [0.25, 0.3) is 0 Å². The van der Waals surface area contributed by atoms with Crippen LogP contribution in [0.1, 0.15) is 21.6 Å². The molecule has 0 aliphatic carbocycles. The highest BCUT2D eigenvalue weighted by Crippen LogP contribution is 2.27. The summed E-state index contributed by atoms with van der Waals surface area (Å²) in [5, 5.41) is 0.154. The lowest BCUT2D eigenvalue weighted by molar-refractivity contribution is 0.104. The van der Waals surface area contributed by atoms with Crippen LogP contribution < -0.4 is 4.74 Å². The second-order valence-corrected chi connectivity index (χ2v) is 5.70. The van der Waals surface area contributed by atoms with E-state index in [4.69, 9.17) is 16.3 Å². The molecule has 0 N–H and O–H groups in total. The molecule has 5 heteroatoms. The Morgan fingerprint density at radius 1 is 1.30 bits per heavy atom. The molecule has 0 radical (unpaired) electrons. The summed E-state index contributed by atoms with van der Waals surface area (Å²) in [5.41, 5.74) is 2.00. The zero-order valence-electron chi connectivity index (χ0n) is 13.4. The van der Waals surface area contributed by atoms with E-state index in [2.05, 4.69) is 4.98 Å². The average Bonchev–Trinajstić information content (AvgIpc) is 2.51. The SMILES string of the molecule is Cc1cc(OCc2ccccc2)c(C(=O)/C=C/N(C)C)c(Cl)n1. The number of rotatable bonds is 6. The van der Waals surface area contributed by atoms with Gasteiger partial charge in [-0.1, -0.05) is 41.9 Å². The van der Waals surface area contributed by atoms with Crippen molar-refractivity contribution in [1.82, 2.24) is 9.88 Å². The molecule has 0 amide bonds. The second kappa shape index (κ2) is 7.79. The van der Waals surface area contributed by atoms with Crippen molar-refractivity contribution in [2.45, 2.75) is 13.5 Å². The predicted octanol–water partition coefficient (Wildman–Crippen LogP) is 3.88. The van der Waals surface area contributed by atoms with Crippen molar-refractivity contribution in [1.29, 1.82) is 0 Å². The van der Waals surface area contributed by atoms with E-state index in [1.807, 2.05) is 51.4 Å². The molecule has 0 atom stereocenters. The number of halogens is 1. The minimum Gasteiger partial charge on any atom is -0.488 e. The van der Waals surface area contributed by atoms with Crippen LogP contribution in [0.15, 0.2) is 48.7 Å². The third kappa shape index (κ3) is 4.83. The highest BCUT2D eigenvalue weighted by atomic mass is 35.5. The molecular formula is C18H19ClN2O2. The quantitative estimate of drug-likeness (QED) is 0.458. The summed E-state index contributed by atoms with van der Waals surface area (Å²) in [6.45, 7) is 2.17. The monoisotopic (exact) mass is 330 g/mol. The first-order chi connectivity index (χ1) is 11.0. The number of aryl methyl sites for hydroxylation is 1. The Hall–Kier alpha value is -2.33. The summed E-state index contributed by atoms with van der Waals surface area (Å²) in [4.78, 5) is 18.3. The number of ether oxygens (including phenoxy) is 1. The van der Waals surface area contributed by atoms with Gasteiger partial charge in [0.15, 0.2) is 5.78 Å². The number of aromatic nitrogens is 1. The van der Waals surface area contributed by atoms with Gasteiger partial charge in [-0.25, -0.2) is 4.98 Å². The number of benzene rings is 1. The molecule has 0 bridgehead atoms. The van der Waals surface area contributed by atoms with Gasteiger partial charge < -0.3 is 9.64 Å². The summed E-state index contributed by atoms with van der Waals surface area (Å²) in [6, 6.07) is 11.5. The van der Waals surface area contributed by atoms with Gasteiger partial charge in [-0.05, 0) is 12.5 Å². The minimum absolute atomic E-state index is 0.154. The van der Waals surface area contributed by atoms with Crippen molar-refractivity contribution < 1.29 is 9.53 Å². The van der Waals surface area contributed by atoms with Crippen molar-refractivity contribution in [3.05, 3.63) is 70.6 Å². The van der Waals surface area contributed by atoms with Crippen LogP contribution in [0.3, 0.4) is 0 Å². The molecule has 1 aromatic heterocycles. The van der Waals surface area contributed by atoms with Crippen molar-refractivity contribution in [3.8, 4) is 5.75 Å². The van der Waals surface area contributed by atoms with Crippen molar-refractivity contribution >= 4 is 17.4 Å². The van der Waals surface area contributed by atoms with Crippen molar-refractivity contribution in [2.24, 2.45) is 0 Å². The Kier molecular flexibility index (Phi) is 5.77. The number of pyridine rings is 1. The molecular weight excluding hydrogens is 312 g/mol. The fourth-order valence-electron chi connectivity index (χ4n) is 1.98. The van der Waals surface area contributed by atoms with Crippen molar-refractivity contribution in [2.75, 3.05) is 14.1 Å². The predicted molar refractivity (Wildman–Crippen MR) is 91.9 cm³/mol. The molecule has 0 spiro atoms. The molecule has 1 heterocycles. The third-order valence-electron chi connectivity index (χ3n) is 3.07. The lowest BCUT2D eigenvalue weighted by Crippen LogP contribution is -2.07. The minimum atomic E-state index is -0.237. The van der Waals surface area contributed by atoms with E-state index in [0.717, 1.165) is 5.56 Å². The molecule has 0 aliphatic rings. The molecule has 1 aromatic carbocycles. The molecule has 2 aromatic rings. The molecule has 0 saturated carbocycles. The fraction of sp³-hybridized carbons (Fsp3) is 0.222. The largest absolute Gasteiger partial charge is 0.488 e. The molecule has 23 heavy (non-hydrogen) atoms. The smallest absolute Gasteiger partial charge is 0.194 e. The molecule has 0 unspecified atom stereocenters. The van der Waals surface area contributed by atoms with Crippen LogP contribution >= 0.6 is 11.6 Å². The molecule has 120 valence electrons. The fourth-order valence-corrected chi connectivity index (χ4v) is 2.30. The summed E-state index contributed by atoms with van der Waals surface area (Å²) in [7, 11) is 3.68. The van der Waals surface area contributed by atoms with E-state index >= 15 is 0 Å². The van der Waals surface area contributed by atoms with Crippen LogP contribution in [-0.4, -0.2) is 29.8 Å². The first kappa shape index (κ1) is 17.0. The van der Waals surface area contributed by atoms with Gasteiger partial charge in [-0.15, -0.1) is 0 Å². The third-order valence-corrected chi connectivity index (χ3v) is 3.35. The van der Waals surface area contributed by atoms with Gasteiger partial charge in [0.05, 0.1) is 0 Å². The Balaban J connectivity index is 2.28. The van der Waals surface area contributed by atoms with Crippen LogP contribution in [0.5, 0.6) is 5.75 Å². The molecule has 2 rings (SSSR count). The zero-order valence-corrected chi connectivity index (χ0v) is 14.2.